The molecule has 16 heavy (non-hydrogen) atoms. The van der Waals surface area contributed by atoms with Gasteiger partial charge in [-0.25, -0.2) is 8.42 Å². The molecule has 5 nitrogen and oxygen atoms in total. The lowest BCUT2D eigenvalue weighted by atomic mass is 10.2. The van der Waals surface area contributed by atoms with E-state index in [0.29, 0.717) is 0 Å². The molecular weight excluding hydrogens is 314 g/mol. The predicted octanol–water partition coefficient (Wildman–Crippen LogP) is 0.784. The zero-order valence-electron chi connectivity index (χ0n) is 8.32. The molecule has 0 aliphatic carbocycles. The van der Waals surface area contributed by atoms with Crippen LogP contribution in [0.3, 0.4) is 0 Å². The van der Waals surface area contributed by atoms with Crippen molar-refractivity contribution in [3.63, 3.8) is 0 Å². The molecule has 0 unspecified atom stereocenters. The van der Waals surface area contributed by atoms with Gasteiger partial charge >= 0.3 is 0 Å². The maximum absolute atomic E-state index is 11.7. The summed E-state index contributed by atoms with van der Waals surface area (Å²) in [4.78, 5) is 2.20. The van der Waals surface area contributed by atoms with Crippen LogP contribution in [0.15, 0.2) is 27.6 Å². The van der Waals surface area contributed by atoms with E-state index in [1.54, 1.807) is 13.0 Å². The second-order valence-electron chi connectivity index (χ2n) is 3.01. The molecule has 0 spiro atoms. The number of sulfonamides is 1. The summed E-state index contributed by atoms with van der Waals surface area (Å²) in [5.74, 6) is 0. The van der Waals surface area contributed by atoms with Gasteiger partial charge in [0.05, 0.1) is 4.90 Å². The smallest absolute Gasteiger partial charge is 0.257 e. The minimum Gasteiger partial charge on any atom is -0.375 e. The van der Waals surface area contributed by atoms with Crippen LogP contribution in [0.25, 0.3) is 0 Å². The summed E-state index contributed by atoms with van der Waals surface area (Å²) in [6.45, 7) is 1.80. The first-order chi connectivity index (χ1) is 7.33. The van der Waals surface area contributed by atoms with Gasteiger partial charge in [-0.1, -0.05) is 15.9 Å². The van der Waals surface area contributed by atoms with Crippen LogP contribution < -0.4 is 16.0 Å². The zero-order chi connectivity index (χ0) is 12.3. The van der Waals surface area contributed by atoms with Gasteiger partial charge in [-0.05, 0) is 42.9 Å². The molecule has 1 aromatic carbocycles. The number of hydrogen-bond donors (Lipinski definition) is 3. The fourth-order valence-corrected chi connectivity index (χ4v) is 2.26. The van der Waals surface area contributed by atoms with Crippen molar-refractivity contribution in [2.45, 2.75) is 11.8 Å². The molecule has 0 aliphatic heterocycles. The zero-order valence-corrected chi connectivity index (χ0v) is 11.5. The van der Waals surface area contributed by atoms with Crippen LogP contribution in [0, 0.1) is 6.92 Å². The Labute approximate surface area is 108 Å². The molecule has 0 aromatic heterocycles. The highest BCUT2D eigenvalue weighted by molar-refractivity contribution is 9.10. The first-order valence-electron chi connectivity index (χ1n) is 4.16. The van der Waals surface area contributed by atoms with E-state index in [1.165, 1.54) is 12.1 Å². The largest absolute Gasteiger partial charge is 0.375 e. The minimum absolute atomic E-state index is 0.136. The molecule has 0 atom stereocenters. The second kappa shape index (κ2) is 5.09. The summed E-state index contributed by atoms with van der Waals surface area (Å²) in [7, 11) is -3.64. The van der Waals surface area contributed by atoms with E-state index < -0.39 is 10.0 Å². The number of nitrogens with one attached hydrogen (secondary N) is 2. The van der Waals surface area contributed by atoms with Crippen molar-refractivity contribution >= 4 is 43.3 Å². The molecule has 1 aromatic rings. The topological polar surface area (TPSA) is 84.2 Å². The van der Waals surface area contributed by atoms with Gasteiger partial charge in [0.1, 0.15) is 0 Å². The van der Waals surface area contributed by atoms with Gasteiger partial charge in [0, 0.05) is 4.47 Å². The highest BCUT2D eigenvalue weighted by Gasteiger charge is 2.14. The van der Waals surface area contributed by atoms with Crippen molar-refractivity contribution in [2.75, 3.05) is 0 Å². The number of hydrazine groups is 1. The van der Waals surface area contributed by atoms with Crippen molar-refractivity contribution in [1.29, 1.82) is 0 Å². The molecule has 0 saturated heterocycles. The fraction of sp³-hybridized carbons (Fsp3) is 0.125. The summed E-state index contributed by atoms with van der Waals surface area (Å²) in [6.07, 6.45) is 0. The minimum atomic E-state index is -3.64. The normalized spacial score (nSPS) is 11.1. The lowest BCUT2D eigenvalue weighted by Gasteiger charge is -2.08. The summed E-state index contributed by atoms with van der Waals surface area (Å²) in [5, 5.41) is -0.141. The number of hydrogen-bond acceptors (Lipinski definition) is 3. The van der Waals surface area contributed by atoms with Gasteiger partial charge in [-0.15, -0.1) is 4.83 Å². The first kappa shape index (κ1) is 13.4. The van der Waals surface area contributed by atoms with Gasteiger partial charge in [0.2, 0.25) is 0 Å². The van der Waals surface area contributed by atoms with Crippen molar-refractivity contribution in [2.24, 2.45) is 5.73 Å². The van der Waals surface area contributed by atoms with E-state index in [-0.39, 0.29) is 10.0 Å². The Morgan fingerprint density at radius 3 is 2.62 bits per heavy atom. The van der Waals surface area contributed by atoms with E-state index in [9.17, 15) is 8.42 Å². The van der Waals surface area contributed by atoms with Gasteiger partial charge in [-0.3, -0.25) is 5.43 Å². The molecule has 0 bridgehead atoms. The molecule has 88 valence electrons. The lowest BCUT2D eigenvalue weighted by molar-refractivity contribution is 0.577. The van der Waals surface area contributed by atoms with Crippen LogP contribution in [-0.4, -0.2) is 13.5 Å². The molecule has 0 fully saturated rings. The van der Waals surface area contributed by atoms with E-state index in [1.807, 2.05) is 0 Å². The quantitative estimate of drug-likeness (QED) is 0.565. The number of nitrogens with two attached hydrogens (primary N) is 1. The van der Waals surface area contributed by atoms with Crippen LogP contribution in [0.1, 0.15) is 5.56 Å². The number of benzene rings is 1. The number of thiocarbonyl (C=S) groups is 1. The molecule has 0 amide bonds. The van der Waals surface area contributed by atoms with Gasteiger partial charge in [0.15, 0.2) is 5.11 Å². The van der Waals surface area contributed by atoms with Crippen molar-refractivity contribution < 1.29 is 8.42 Å². The standard InChI is InChI=1S/C8H10BrN3O2S2/c1-5-4-6(2-3-7(5)9)16(13,14)12-11-8(10)15/h2-4,12H,1H3,(H3,10,11,15). The Morgan fingerprint density at radius 2 is 2.12 bits per heavy atom. The summed E-state index contributed by atoms with van der Waals surface area (Å²) >= 11 is 7.78. The first-order valence-corrected chi connectivity index (χ1v) is 6.85. The maximum atomic E-state index is 11.7. The SMILES string of the molecule is Cc1cc(S(=O)(=O)NNC(N)=S)ccc1Br. The van der Waals surface area contributed by atoms with Crippen LogP contribution in [0.4, 0.5) is 0 Å². The summed E-state index contributed by atoms with van der Waals surface area (Å²) in [5.41, 5.74) is 8.11. The Bertz CT molecular complexity index is 516. The maximum Gasteiger partial charge on any atom is 0.257 e. The molecule has 8 heteroatoms. The monoisotopic (exact) mass is 323 g/mol. The van der Waals surface area contributed by atoms with Gasteiger partial charge < -0.3 is 5.73 Å². The third kappa shape index (κ3) is 3.41. The average Bonchev–Trinajstić information content (AvgIpc) is 2.19. The molecule has 0 aliphatic rings. The number of rotatable bonds is 3. The predicted molar refractivity (Wildman–Crippen MR) is 69.1 cm³/mol. The number of halogens is 1. The average molecular weight is 324 g/mol. The van der Waals surface area contributed by atoms with Gasteiger partial charge in [0.25, 0.3) is 10.0 Å². The number of aryl methyl sites for hydroxylation is 1. The third-order valence-electron chi connectivity index (χ3n) is 1.75. The Hall–Kier alpha value is -0.700. The van der Waals surface area contributed by atoms with E-state index >= 15 is 0 Å². The van der Waals surface area contributed by atoms with Crippen molar-refractivity contribution in [1.82, 2.24) is 10.3 Å². The van der Waals surface area contributed by atoms with Crippen LogP contribution in [0.5, 0.6) is 0 Å². The highest BCUT2D eigenvalue weighted by Crippen LogP contribution is 2.19. The van der Waals surface area contributed by atoms with Crippen molar-refractivity contribution in [3.8, 4) is 0 Å². The molecule has 1 rings (SSSR count). The van der Waals surface area contributed by atoms with Gasteiger partial charge in [-0.2, -0.15) is 0 Å². The van der Waals surface area contributed by atoms with Crippen LogP contribution >= 0.6 is 28.1 Å². The lowest BCUT2D eigenvalue weighted by Crippen LogP contribution is -2.44. The Kier molecular flexibility index (Phi) is 4.25. The molecule has 4 N–H and O–H groups in total. The third-order valence-corrected chi connectivity index (χ3v) is 3.99. The van der Waals surface area contributed by atoms with Crippen molar-refractivity contribution in [3.05, 3.63) is 28.2 Å². The Balaban J connectivity index is 2.99. The summed E-state index contributed by atoms with van der Waals surface area (Å²) < 4.78 is 24.2. The molecular formula is C8H10BrN3O2S2. The fourth-order valence-electron chi connectivity index (χ4n) is 0.961. The van der Waals surface area contributed by atoms with Crippen LogP contribution in [0.2, 0.25) is 0 Å². The van der Waals surface area contributed by atoms with Crippen LogP contribution in [-0.2, 0) is 10.0 Å². The van der Waals surface area contributed by atoms with E-state index in [2.05, 4.69) is 38.4 Å². The molecule has 0 radical (unpaired) electrons. The van der Waals surface area contributed by atoms with E-state index in [4.69, 9.17) is 5.73 Å². The Morgan fingerprint density at radius 1 is 1.50 bits per heavy atom. The van der Waals surface area contributed by atoms with E-state index in [0.717, 1.165) is 10.0 Å². The summed E-state index contributed by atoms with van der Waals surface area (Å²) in [6, 6.07) is 4.67. The highest BCUT2D eigenvalue weighted by atomic mass is 79.9. The second-order valence-corrected chi connectivity index (χ2v) is 5.98. The molecule has 0 saturated carbocycles. The molecule has 0 heterocycles.